The maximum absolute atomic E-state index is 15.3. The van der Waals surface area contributed by atoms with Gasteiger partial charge in [-0.1, -0.05) is 57.2 Å². The average Bonchev–Trinajstić information content (AvgIpc) is 3.31. The van der Waals surface area contributed by atoms with Gasteiger partial charge in [-0.15, -0.1) is 11.3 Å². The van der Waals surface area contributed by atoms with Crippen LogP contribution in [-0.2, 0) is 24.7 Å². The smallest absolute Gasteiger partial charge is 0.416 e. The van der Waals surface area contributed by atoms with Gasteiger partial charge in [-0.05, 0) is 60.3 Å². The fourth-order valence-corrected chi connectivity index (χ4v) is 5.45. The van der Waals surface area contributed by atoms with Gasteiger partial charge in [-0.2, -0.15) is 13.2 Å². The summed E-state index contributed by atoms with van der Waals surface area (Å²) < 4.78 is 73.9. The van der Waals surface area contributed by atoms with E-state index in [-0.39, 0.29) is 31.0 Å². The van der Waals surface area contributed by atoms with Crippen molar-refractivity contribution in [1.82, 2.24) is 15.2 Å². The van der Waals surface area contributed by atoms with Crippen LogP contribution in [0.2, 0.25) is 0 Å². The van der Waals surface area contributed by atoms with Crippen molar-refractivity contribution in [3.63, 3.8) is 0 Å². The Morgan fingerprint density at radius 2 is 1.58 bits per heavy atom. The number of nitrogens with zero attached hydrogens (tertiary/aromatic N) is 2. The zero-order chi connectivity index (χ0) is 31.5. The van der Waals surface area contributed by atoms with E-state index in [0.29, 0.717) is 10.6 Å². The summed E-state index contributed by atoms with van der Waals surface area (Å²) in [5.41, 5.74) is 2.32. The first-order valence-electron chi connectivity index (χ1n) is 13.6. The van der Waals surface area contributed by atoms with Crippen LogP contribution in [0.5, 0.6) is 5.75 Å². The van der Waals surface area contributed by atoms with E-state index in [9.17, 15) is 22.7 Å². The van der Waals surface area contributed by atoms with Crippen molar-refractivity contribution in [1.29, 1.82) is 0 Å². The summed E-state index contributed by atoms with van der Waals surface area (Å²) in [6.07, 6.45) is -6.13. The molecule has 4 aromatic rings. The fourth-order valence-electron chi connectivity index (χ4n) is 4.47. The number of halogens is 5. The van der Waals surface area contributed by atoms with E-state index in [1.165, 1.54) is 29.0 Å². The molecule has 1 aromatic heterocycles. The Bertz CT molecular complexity index is 1530. The zero-order valence-electron chi connectivity index (χ0n) is 24.5. The number of rotatable bonds is 10. The predicted octanol–water partition coefficient (Wildman–Crippen LogP) is 7.96. The van der Waals surface area contributed by atoms with Crippen LogP contribution in [0.15, 0.2) is 60.7 Å². The molecule has 1 heterocycles. The Labute approximate surface area is 252 Å². The fraction of sp³-hybridized carbons (Fsp3) is 0.344. The molecule has 3 aromatic carbocycles. The van der Waals surface area contributed by atoms with Gasteiger partial charge in [0.15, 0.2) is 11.6 Å². The standard InChI is InChI=1S/C32H34F5N3O2S/c1-19-29(21-8-12-22(13-9-21)31(2,3)4)43-26(39-19)17-42-25-15-14-24(33)27(28(25)34)30(41)38-18-40(5)16-20-6-10-23(11-7-20)32(35,36)37/h6-15,30,38,41H,16-18H2,1-5H3. The van der Waals surface area contributed by atoms with Gasteiger partial charge in [0.05, 0.1) is 28.4 Å². The number of hydrogen-bond donors (Lipinski definition) is 2. The molecule has 0 aliphatic rings. The van der Waals surface area contributed by atoms with Gasteiger partial charge < -0.3 is 9.84 Å². The summed E-state index contributed by atoms with van der Waals surface area (Å²) in [5, 5.41) is 13.8. The molecule has 11 heteroatoms. The molecule has 2 N–H and O–H groups in total. The molecule has 0 aliphatic heterocycles. The molecule has 230 valence electrons. The minimum atomic E-state index is -4.43. The molecule has 0 radical (unpaired) electrons. The molecule has 43 heavy (non-hydrogen) atoms. The predicted molar refractivity (Wildman–Crippen MR) is 158 cm³/mol. The van der Waals surface area contributed by atoms with Crippen LogP contribution >= 0.6 is 11.3 Å². The second-order valence-electron chi connectivity index (χ2n) is 11.4. The first kappa shape index (κ1) is 32.5. The molecule has 0 fully saturated rings. The number of alkyl halides is 3. The molecular weight excluding hydrogens is 585 g/mol. The van der Waals surface area contributed by atoms with E-state index in [2.05, 4.69) is 43.2 Å². The number of benzene rings is 3. The number of aromatic nitrogens is 1. The van der Waals surface area contributed by atoms with E-state index >= 15 is 4.39 Å². The number of aliphatic hydroxyl groups is 1. The number of aryl methyl sites for hydroxylation is 1. The highest BCUT2D eigenvalue weighted by Gasteiger charge is 2.30. The van der Waals surface area contributed by atoms with Gasteiger partial charge in [0.2, 0.25) is 0 Å². The lowest BCUT2D eigenvalue weighted by molar-refractivity contribution is -0.137. The van der Waals surface area contributed by atoms with E-state index < -0.39 is 35.2 Å². The Balaban J connectivity index is 1.38. The maximum Gasteiger partial charge on any atom is 0.416 e. The van der Waals surface area contributed by atoms with Crippen LogP contribution in [0.4, 0.5) is 22.0 Å². The van der Waals surface area contributed by atoms with E-state index in [4.69, 9.17) is 4.74 Å². The first-order valence-corrected chi connectivity index (χ1v) is 14.4. The summed E-state index contributed by atoms with van der Waals surface area (Å²) in [6.45, 7) is 8.51. The van der Waals surface area contributed by atoms with E-state index in [1.54, 1.807) is 11.9 Å². The summed E-state index contributed by atoms with van der Waals surface area (Å²) in [4.78, 5) is 7.16. The van der Waals surface area contributed by atoms with Crippen molar-refractivity contribution in [3.05, 3.63) is 105 Å². The summed E-state index contributed by atoms with van der Waals surface area (Å²) in [7, 11) is 1.65. The molecule has 0 saturated carbocycles. The zero-order valence-corrected chi connectivity index (χ0v) is 25.3. The molecule has 0 amide bonds. The first-order chi connectivity index (χ1) is 20.1. The highest BCUT2D eigenvalue weighted by molar-refractivity contribution is 7.15. The van der Waals surface area contributed by atoms with Crippen LogP contribution in [0.3, 0.4) is 0 Å². The van der Waals surface area contributed by atoms with Crippen molar-refractivity contribution >= 4 is 11.3 Å². The molecular formula is C32H34F5N3O2S. The van der Waals surface area contributed by atoms with Gasteiger partial charge in [-0.3, -0.25) is 10.2 Å². The van der Waals surface area contributed by atoms with Crippen molar-refractivity contribution in [3.8, 4) is 16.2 Å². The van der Waals surface area contributed by atoms with Crippen LogP contribution in [0, 0.1) is 18.6 Å². The van der Waals surface area contributed by atoms with E-state index in [0.717, 1.165) is 40.4 Å². The third kappa shape index (κ3) is 8.17. The van der Waals surface area contributed by atoms with Crippen molar-refractivity contribution in [2.75, 3.05) is 13.7 Å². The topological polar surface area (TPSA) is 57.6 Å². The van der Waals surface area contributed by atoms with Crippen molar-refractivity contribution < 1.29 is 31.8 Å². The van der Waals surface area contributed by atoms with Crippen LogP contribution in [-0.4, -0.2) is 28.7 Å². The Hall–Kier alpha value is -3.38. The summed E-state index contributed by atoms with van der Waals surface area (Å²) in [5.74, 6) is -2.24. The minimum Gasteiger partial charge on any atom is -0.483 e. The monoisotopic (exact) mass is 619 g/mol. The molecule has 0 aliphatic carbocycles. The van der Waals surface area contributed by atoms with Crippen LogP contribution < -0.4 is 10.1 Å². The molecule has 5 nitrogen and oxygen atoms in total. The third-order valence-corrected chi connectivity index (χ3v) is 8.04. The van der Waals surface area contributed by atoms with Crippen molar-refractivity contribution in [2.24, 2.45) is 0 Å². The Morgan fingerprint density at radius 3 is 2.19 bits per heavy atom. The normalized spacial score (nSPS) is 13.0. The SMILES string of the molecule is Cc1nc(COc2ccc(F)c(C(O)NCN(C)Cc3ccc(C(F)(F)F)cc3)c2F)sc1-c1ccc(C(C)(C)C)cc1. The van der Waals surface area contributed by atoms with Gasteiger partial charge in [0.25, 0.3) is 0 Å². The molecule has 4 rings (SSSR count). The van der Waals surface area contributed by atoms with Gasteiger partial charge in [-0.25, -0.2) is 13.8 Å². The summed E-state index contributed by atoms with van der Waals surface area (Å²) >= 11 is 1.42. The Kier molecular flexibility index (Phi) is 9.90. The number of aliphatic hydroxyl groups excluding tert-OH is 1. The van der Waals surface area contributed by atoms with Crippen LogP contribution in [0.1, 0.15) is 60.0 Å². The number of hydrogen-bond acceptors (Lipinski definition) is 6. The molecule has 1 unspecified atom stereocenters. The molecule has 0 bridgehead atoms. The highest BCUT2D eigenvalue weighted by Crippen LogP contribution is 2.34. The lowest BCUT2D eigenvalue weighted by Crippen LogP contribution is -2.34. The number of nitrogens with one attached hydrogen (secondary N) is 1. The quantitative estimate of drug-likeness (QED) is 0.139. The molecule has 0 spiro atoms. The van der Waals surface area contributed by atoms with Gasteiger partial charge in [0, 0.05) is 6.54 Å². The second-order valence-corrected chi connectivity index (χ2v) is 12.5. The number of ether oxygens (including phenoxy) is 1. The Morgan fingerprint density at radius 1 is 0.953 bits per heavy atom. The number of thiazole rings is 1. The molecule has 1 atom stereocenters. The average molecular weight is 620 g/mol. The molecule has 0 saturated heterocycles. The van der Waals surface area contributed by atoms with Gasteiger partial charge in [0.1, 0.15) is 23.7 Å². The maximum atomic E-state index is 15.3. The highest BCUT2D eigenvalue weighted by atomic mass is 32.1. The minimum absolute atomic E-state index is 0.00987. The van der Waals surface area contributed by atoms with Crippen molar-refractivity contribution in [2.45, 2.75) is 58.7 Å². The lowest BCUT2D eigenvalue weighted by atomic mass is 9.86. The lowest BCUT2D eigenvalue weighted by Gasteiger charge is -2.22. The van der Waals surface area contributed by atoms with E-state index in [1.807, 2.05) is 19.1 Å². The van der Waals surface area contributed by atoms with Crippen LogP contribution in [0.25, 0.3) is 10.4 Å². The second kappa shape index (κ2) is 13.1. The third-order valence-electron chi connectivity index (χ3n) is 6.86. The van der Waals surface area contributed by atoms with Gasteiger partial charge >= 0.3 is 6.18 Å². The summed E-state index contributed by atoms with van der Waals surface area (Å²) in [6, 6.07) is 15.1. The largest absolute Gasteiger partial charge is 0.483 e.